The number of guanidine groups is 1. The first-order valence-corrected chi connectivity index (χ1v) is 8.01. The van der Waals surface area contributed by atoms with E-state index in [-0.39, 0.29) is 30.5 Å². The van der Waals surface area contributed by atoms with Gasteiger partial charge in [-0.2, -0.15) is 13.2 Å². The van der Waals surface area contributed by atoms with E-state index in [2.05, 4.69) is 25.6 Å². The molecular weight excluding hydrogens is 462 g/mol. The third kappa shape index (κ3) is 5.88. The first-order chi connectivity index (χ1) is 10.4. The van der Waals surface area contributed by atoms with Crippen molar-refractivity contribution < 1.29 is 13.2 Å². The van der Waals surface area contributed by atoms with Crippen molar-refractivity contribution in [2.24, 2.45) is 4.99 Å². The quantitative estimate of drug-likeness (QED) is 0.403. The van der Waals surface area contributed by atoms with Crippen LogP contribution in [0.3, 0.4) is 0 Å². The van der Waals surface area contributed by atoms with Gasteiger partial charge in [-0.25, -0.2) is 9.97 Å². The number of nitrogens with zero attached hydrogens (tertiary/aromatic N) is 3. The highest BCUT2D eigenvalue weighted by atomic mass is 127. The van der Waals surface area contributed by atoms with Gasteiger partial charge in [0.1, 0.15) is 5.01 Å². The van der Waals surface area contributed by atoms with Gasteiger partial charge < -0.3 is 10.6 Å². The number of aliphatic imine (C=N–C) groups is 1. The van der Waals surface area contributed by atoms with Crippen LogP contribution < -0.4 is 10.6 Å². The van der Waals surface area contributed by atoms with Crippen LogP contribution in [0, 0.1) is 6.92 Å². The second-order valence-corrected chi connectivity index (χ2v) is 6.15. The van der Waals surface area contributed by atoms with Gasteiger partial charge in [-0.3, -0.25) is 4.99 Å². The van der Waals surface area contributed by atoms with Crippen molar-refractivity contribution in [2.45, 2.75) is 26.2 Å². The van der Waals surface area contributed by atoms with E-state index in [0.29, 0.717) is 17.5 Å². The molecule has 0 radical (unpaired) electrons. The zero-order valence-corrected chi connectivity index (χ0v) is 16.2. The molecular formula is C12H15F3IN5S2. The van der Waals surface area contributed by atoms with Crippen molar-refractivity contribution >= 4 is 52.6 Å². The number of rotatable bonds is 4. The lowest BCUT2D eigenvalue weighted by Crippen LogP contribution is -2.36. The average molecular weight is 477 g/mol. The Hall–Kier alpha value is -0.950. The molecule has 0 aromatic carbocycles. The van der Waals surface area contributed by atoms with Gasteiger partial charge in [0, 0.05) is 17.3 Å². The summed E-state index contributed by atoms with van der Waals surface area (Å²) in [6.45, 7) is 2.65. The highest BCUT2D eigenvalue weighted by molar-refractivity contribution is 14.0. The fraction of sp³-hybridized carbons (Fsp3) is 0.417. The molecule has 0 spiro atoms. The van der Waals surface area contributed by atoms with E-state index in [4.69, 9.17) is 0 Å². The zero-order valence-electron chi connectivity index (χ0n) is 12.3. The molecule has 0 unspecified atom stereocenters. The van der Waals surface area contributed by atoms with E-state index >= 15 is 0 Å². The Balaban J connectivity index is 0.00000264. The predicted octanol–water partition coefficient (Wildman–Crippen LogP) is 3.41. The lowest BCUT2D eigenvalue weighted by atomic mass is 10.4. The molecule has 2 rings (SSSR count). The summed E-state index contributed by atoms with van der Waals surface area (Å²) in [5, 5.41) is 7.38. The third-order valence-electron chi connectivity index (χ3n) is 2.73. The lowest BCUT2D eigenvalue weighted by molar-refractivity contribution is -0.140. The molecule has 5 nitrogen and oxygen atoms in total. The molecule has 23 heavy (non-hydrogen) atoms. The summed E-state index contributed by atoms with van der Waals surface area (Å²) < 4.78 is 37.4. The molecule has 2 heterocycles. The summed E-state index contributed by atoms with van der Waals surface area (Å²) >= 11 is 2.49. The lowest BCUT2D eigenvalue weighted by Gasteiger charge is -2.10. The summed E-state index contributed by atoms with van der Waals surface area (Å²) in [7, 11) is 1.60. The van der Waals surface area contributed by atoms with Crippen molar-refractivity contribution in [1.29, 1.82) is 0 Å². The fourth-order valence-electron chi connectivity index (χ4n) is 1.56. The van der Waals surface area contributed by atoms with Crippen LogP contribution in [0.2, 0.25) is 0 Å². The van der Waals surface area contributed by atoms with Crippen molar-refractivity contribution in [3.05, 3.63) is 32.2 Å². The normalized spacial score (nSPS) is 12.0. The highest BCUT2D eigenvalue weighted by Gasteiger charge is 2.33. The maximum absolute atomic E-state index is 12.5. The van der Waals surface area contributed by atoms with Crippen molar-refractivity contribution in [3.63, 3.8) is 0 Å². The monoisotopic (exact) mass is 477 g/mol. The molecule has 128 valence electrons. The molecule has 0 saturated carbocycles. The minimum Gasteiger partial charge on any atom is -0.351 e. The molecule has 0 aliphatic carbocycles. The summed E-state index contributed by atoms with van der Waals surface area (Å²) in [6, 6.07) is 0. The number of hydrogen-bond donors (Lipinski definition) is 2. The SMILES string of the molecule is CN=C(NCc1nc(C(F)(F)F)cs1)NCc1scnc1C.I. The molecule has 2 aromatic heterocycles. The van der Waals surface area contributed by atoms with Gasteiger partial charge in [0.05, 0.1) is 24.3 Å². The van der Waals surface area contributed by atoms with Gasteiger partial charge in [-0.1, -0.05) is 0 Å². The van der Waals surface area contributed by atoms with Crippen LogP contribution in [0.1, 0.15) is 21.3 Å². The largest absolute Gasteiger partial charge is 0.434 e. The summed E-state index contributed by atoms with van der Waals surface area (Å²) in [5.41, 5.74) is 1.84. The Morgan fingerprint density at radius 3 is 2.48 bits per heavy atom. The first-order valence-electron chi connectivity index (χ1n) is 6.25. The number of nitrogens with one attached hydrogen (secondary N) is 2. The Kier molecular flexibility index (Phi) is 7.67. The van der Waals surface area contributed by atoms with Crippen molar-refractivity contribution in [3.8, 4) is 0 Å². The van der Waals surface area contributed by atoms with Gasteiger partial charge in [0.25, 0.3) is 0 Å². The van der Waals surface area contributed by atoms with E-state index in [1.54, 1.807) is 12.6 Å². The minimum absolute atomic E-state index is 0. The minimum atomic E-state index is -4.40. The predicted molar refractivity (Wildman–Crippen MR) is 96.4 cm³/mol. The van der Waals surface area contributed by atoms with Gasteiger partial charge >= 0.3 is 6.18 Å². The van der Waals surface area contributed by atoms with Gasteiger partial charge in [-0.15, -0.1) is 46.7 Å². The van der Waals surface area contributed by atoms with Gasteiger partial charge in [0.15, 0.2) is 11.7 Å². The molecule has 0 aliphatic heterocycles. The van der Waals surface area contributed by atoms with Crippen LogP contribution in [0.25, 0.3) is 0 Å². The topological polar surface area (TPSA) is 62.2 Å². The summed E-state index contributed by atoms with van der Waals surface area (Å²) in [5.74, 6) is 0.497. The second-order valence-electron chi connectivity index (χ2n) is 4.26. The van der Waals surface area contributed by atoms with Gasteiger partial charge in [-0.05, 0) is 6.92 Å². The Labute approximate surface area is 156 Å². The van der Waals surface area contributed by atoms with Crippen LogP contribution in [0.5, 0.6) is 0 Å². The van der Waals surface area contributed by atoms with Crippen LogP contribution >= 0.6 is 46.7 Å². The van der Waals surface area contributed by atoms with E-state index < -0.39 is 11.9 Å². The van der Waals surface area contributed by atoms with E-state index in [9.17, 15) is 13.2 Å². The van der Waals surface area contributed by atoms with E-state index in [1.165, 1.54) is 11.3 Å². The number of halogens is 4. The Morgan fingerprint density at radius 2 is 1.96 bits per heavy atom. The van der Waals surface area contributed by atoms with E-state index in [0.717, 1.165) is 27.3 Å². The summed E-state index contributed by atoms with van der Waals surface area (Å²) in [6.07, 6.45) is -4.40. The molecule has 0 aliphatic rings. The molecule has 2 N–H and O–H groups in total. The second kappa shape index (κ2) is 8.78. The molecule has 0 saturated heterocycles. The van der Waals surface area contributed by atoms with Crippen LogP contribution in [-0.2, 0) is 19.3 Å². The molecule has 0 amide bonds. The van der Waals surface area contributed by atoms with Crippen molar-refractivity contribution in [1.82, 2.24) is 20.6 Å². The third-order valence-corrected chi connectivity index (χ3v) is 4.52. The Bertz CT molecular complexity index is 653. The molecule has 11 heteroatoms. The average Bonchev–Trinajstić information content (AvgIpc) is 3.08. The summed E-state index contributed by atoms with van der Waals surface area (Å²) in [4.78, 5) is 12.8. The smallest absolute Gasteiger partial charge is 0.351 e. The fourth-order valence-corrected chi connectivity index (χ4v) is 3.02. The molecule has 0 fully saturated rings. The van der Waals surface area contributed by atoms with Crippen molar-refractivity contribution in [2.75, 3.05) is 7.05 Å². The highest BCUT2D eigenvalue weighted by Crippen LogP contribution is 2.29. The maximum atomic E-state index is 12.5. The number of alkyl halides is 3. The number of aromatic nitrogens is 2. The molecule has 0 atom stereocenters. The standard InChI is InChI=1S/C12H14F3N5S2.HI/c1-7-8(22-6-19-7)3-17-11(16-2)18-4-10-20-9(5-21-10)12(13,14)15;/h5-6H,3-4H2,1-2H3,(H2,16,17,18);1H. The number of hydrogen-bond acceptors (Lipinski definition) is 5. The van der Waals surface area contributed by atoms with Gasteiger partial charge in [0.2, 0.25) is 0 Å². The maximum Gasteiger partial charge on any atom is 0.434 e. The van der Waals surface area contributed by atoms with Crippen LogP contribution in [0.4, 0.5) is 13.2 Å². The first kappa shape index (κ1) is 20.1. The van der Waals surface area contributed by atoms with Crippen LogP contribution in [-0.4, -0.2) is 23.0 Å². The van der Waals surface area contributed by atoms with Crippen LogP contribution in [0.15, 0.2) is 15.9 Å². The number of thiazole rings is 2. The Morgan fingerprint density at radius 1 is 1.26 bits per heavy atom. The van der Waals surface area contributed by atoms with E-state index in [1.807, 2.05) is 6.92 Å². The zero-order chi connectivity index (χ0) is 16.2. The number of aryl methyl sites for hydroxylation is 1. The molecule has 0 bridgehead atoms. The molecule has 2 aromatic rings.